The van der Waals surface area contributed by atoms with Gasteiger partial charge in [-0.05, 0) is 38.1 Å². The third-order valence-corrected chi connectivity index (χ3v) is 3.36. The van der Waals surface area contributed by atoms with Gasteiger partial charge >= 0.3 is 6.29 Å². The Morgan fingerprint density at radius 3 is 2.68 bits per heavy atom. The molecule has 0 radical (unpaired) electrons. The number of rotatable bonds is 4. The molecule has 0 spiro atoms. The van der Waals surface area contributed by atoms with Crippen LogP contribution in [0.15, 0.2) is 18.2 Å². The van der Waals surface area contributed by atoms with Gasteiger partial charge in [-0.1, -0.05) is 0 Å². The van der Waals surface area contributed by atoms with Crippen molar-refractivity contribution in [1.29, 1.82) is 0 Å². The first-order chi connectivity index (χ1) is 9.12. The standard InChI is InChI=1S/C13H16F2N2O2/c14-13(15)18-11-4-3-10(9-12(11)19-13)16-5-8-17-6-1-2-7-17/h3-4,9,16H,1-2,5-8H2. The van der Waals surface area contributed by atoms with Gasteiger partial charge < -0.3 is 19.7 Å². The van der Waals surface area contributed by atoms with Crippen LogP contribution in [0.1, 0.15) is 12.8 Å². The second-order valence-corrected chi connectivity index (χ2v) is 4.80. The predicted molar refractivity (Wildman–Crippen MR) is 66.8 cm³/mol. The summed E-state index contributed by atoms with van der Waals surface area (Å²) in [6.07, 6.45) is -1.02. The highest BCUT2D eigenvalue weighted by molar-refractivity contribution is 5.55. The van der Waals surface area contributed by atoms with E-state index in [2.05, 4.69) is 19.7 Å². The Morgan fingerprint density at radius 1 is 1.16 bits per heavy atom. The van der Waals surface area contributed by atoms with Gasteiger partial charge in [-0.25, -0.2) is 0 Å². The molecule has 1 aromatic carbocycles. The Balaban J connectivity index is 1.55. The fourth-order valence-corrected chi connectivity index (χ4v) is 2.42. The second kappa shape index (κ2) is 4.85. The lowest BCUT2D eigenvalue weighted by Gasteiger charge is -2.15. The monoisotopic (exact) mass is 270 g/mol. The average molecular weight is 270 g/mol. The van der Waals surface area contributed by atoms with E-state index < -0.39 is 6.29 Å². The minimum absolute atomic E-state index is 0.0788. The van der Waals surface area contributed by atoms with Crippen LogP contribution in [0, 0.1) is 0 Å². The van der Waals surface area contributed by atoms with Crippen LogP contribution in [0.3, 0.4) is 0 Å². The normalized spacial score (nSPS) is 20.7. The maximum absolute atomic E-state index is 12.9. The van der Waals surface area contributed by atoms with E-state index >= 15 is 0 Å². The van der Waals surface area contributed by atoms with Crippen molar-refractivity contribution < 1.29 is 18.3 Å². The van der Waals surface area contributed by atoms with Gasteiger partial charge in [0.05, 0.1) is 0 Å². The van der Waals surface area contributed by atoms with Crippen LogP contribution >= 0.6 is 0 Å². The average Bonchev–Trinajstić information content (AvgIpc) is 2.94. The minimum Gasteiger partial charge on any atom is -0.395 e. The molecule has 0 saturated carbocycles. The number of ether oxygens (including phenoxy) is 2. The molecular formula is C13H16F2N2O2. The quantitative estimate of drug-likeness (QED) is 0.911. The molecule has 0 amide bonds. The van der Waals surface area contributed by atoms with Crippen LogP contribution < -0.4 is 14.8 Å². The number of hydrogen-bond acceptors (Lipinski definition) is 4. The van der Waals surface area contributed by atoms with Crippen molar-refractivity contribution in [3.05, 3.63) is 18.2 Å². The lowest BCUT2D eigenvalue weighted by atomic mass is 10.3. The lowest BCUT2D eigenvalue weighted by Crippen LogP contribution is -2.26. The highest BCUT2D eigenvalue weighted by atomic mass is 19.3. The summed E-state index contributed by atoms with van der Waals surface area (Å²) >= 11 is 0. The first-order valence-corrected chi connectivity index (χ1v) is 6.48. The number of halogens is 2. The van der Waals surface area contributed by atoms with Crippen LogP contribution in [0.2, 0.25) is 0 Å². The highest BCUT2D eigenvalue weighted by Gasteiger charge is 2.43. The number of nitrogens with one attached hydrogen (secondary N) is 1. The number of alkyl halides is 2. The number of likely N-dealkylation sites (tertiary alicyclic amines) is 1. The van der Waals surface area contributed by atoms with E-state index in [0.29, 0.717) is 0 Å². The van der Waals surface area contributed by atoms with Crippen LogP contribution in [-0.2, 0) is 0 Å². The molecule has 4 nitrogen and oxygen atoms in total. The van der Waals surface area contributed by atoms with Gasteiger partial charge in [0, 0.05) is 24.8 Å². The van der Waals surface area contributed by atoms with Crippen molar-refractivity contribution >= 4 is 5.69 Å². The molecule has 2 aliphatic rings. The third kappa shape index (κ3) is 2.89. The summed E-state index contributed by atoms with van der Waals surface area (Å²) in [5.74, 6) is 0.159. The summed E-state index contributed by atoms with van der Waals surface area (Å²) in [7, 11) is 0. The fourth-order valence-electron chi connectivity index (χ4n) is 2.42. The van der Waals surface area contributed by atoms with Crippen molar-refractivity contribution in [3.63, 3.8) is 0 Å². The summed E-state index contributed by atoms with van der Waals surface area (Å²) in [6.45, 7) is 4.05. The van der Waals surface area contributed by atoms with Crippen molar-refractivity contribution in [2.45, 2.75) is 19.1 Å². The van der Waals surface area contributed by atoms with Crippen molar-refractivity contribution in [3.8, 4) is 11.5 Å². The largest absolute Gasteiger partial charge is 0.586 e. The lowest BCUT2D eigenvalue weighted by molar-refractivity contribution is -0.286. The highest BCUT2D eigenvalue weighted by Crippen LogP contribution is 2.42. The van der Waals surface area contributed by atoms with E-state index in [-0.39, 0.29) is 11.5 Å². The van der Waals surface area contributed by atoms with E-state index in [1.807, 2.05) is 0 Å². The molecule has 0 aromatic heterocycles. The fraction of sp³-hybridized carbons (Fsp3) is 0.538. The molecule has 3 rings (SSSR count). The van der Waals surface area contributed by atoms with Crippen LogP contribution in [0.5, 0.6) is 11.5 Å². The molecule has 19 heavy (non-hydrogen) atoms. The molecule has 0 bridgehead atoms. The van der Waals surface area contributed by atoms with Gasteiger partial charge in [-0.3, -0.25) is 0 Å². The van der Waals surface area contributed by atoms with Crippen molar-refractivity contribution in [2.24, 2.45) is 0 Å². The number of nitrogens with zero attached hydrogens (tertiary/aromatic N) is 1. The van der Waals surface area contributed by atoms with Gasteiger partial charge in [0.2, 0.25) is 0 Å². The molecule has 1 N–H and O–H groups in total. The van der Waals surface area contributed by atoms with Gasteiger partial charge in [0.25, 0.3) is 0 Å². The molecule has 1 aromatic rings. The first-order valence-electron chi connectivity index (χ1n) is 6.48. The summed E-state index contributed by atoms with van der Waals surface area (Å²) in [5.41, 5.74) is 0.763. The van der Waals surface area contributed by atoms with E-state index in [0.717, 1.165) is 31.9 Å². The first kappa shape index (κ1) is 12.5. The topological polar surface area (TPSA) is 33.7 Å². The Bertz CT molecular complexity index is 462. The Hall–Kier alpha value is -1.56. The summed E-state index contributed by atoms with van der Waals surface area (Å²) in [6, 6.07) is 4.75. The van der Waals surface area contributed by atoms with Crippen molar-refractivity contribution in [2.75, 3.05) is 31.5 Å². The molecule has 2 heterocycles. The molecule has 104 valence electrons. The predicted octanol–water partition coefficient (Wildman–Crippen LogP) is 2.52. The van der Waals surface area contributed by atoms with Crippen LogP contribution in [0.25, 0.3) is 0 Å². The molecule has 0 aliphatic carbocycles. The molecule has 6 heteroatoms. The smallest absolute Gasteiger partial charge is 0.395 e. The SMILES string of the molecule is FC1(F)Oc2ccc(NCCN3CCCC3)cc2O1. The molecule has 0 unspecified atom stereocenters. The summed E-state index contributed by atoms with van der Waals surface area (Å²) in [4.78, 5) is 2.38. The minimum atomic E-state index is -3.55. The van der Waals surface area contributed by atoms with Crippen LogP contribution in [0.4, 0.5) is 14.5 Å². The molecule has 1 saturated heterocycles. The maximum atomic E-state index is 12.9. The number of anilines is 1. The Morgan fingerprint density at radius 2 is 1.89 bits per heavy atom. The van der Waals surface area contributed by atoms with E-state index in [1.165, 1.54) is 18.9 Å². The third-order valence-electron chi connectivity index (χ3n) is 3.36. The van der Waals surface area contributed by atoms with Gasteiger partial charge in [0.1, 0.15) is 0 Å². The van der Waals surface area contributed by atoms with Crippen molar-refractivity contribution in [1.82, 2.24) is 4.90 Å². The van der Waals surface area contributed by atoms with E-state index in [9.17, 15) is 8.78 Å². The Labute approximate surface area is 110 Å². The summed E-state index contributed by atoms with van der Waals surface area (Å²) in [5, 5.41) is 3.21. The maximum Gasteiger partial charge on any atom is 0.586 e. The van der Waals surface area contributed by atoms with Gasteiger partial charge in [0.15, 0.2) is 11.5 Å². The zero-order valence-electron chi connectivity index (χ0n) is 10.5. The number of benzene rings is 1. The zero-order valence-corrected chi connectivity index (χ0v) is 10.5. The molecular weight excluding hydrogens is 254 g/mol. The number of hydrogen-bond donors (Lipinski definition) is 1. The molecule has 2 aliphatic heterocycles. The molecule has 0 atom stereocenters. The number of fused-ring (bicyclic) bond motifs is 1. The van der Waals surface area contributed by atoms with E-state index in [4.69, 9.17) is 0 Å². The van der Waals surface area contributed by atoms with Crippen LogP contribution in [-0.4, -0.2) is 37.4 Å². The zero-order chi connectivity index (χ0) is 13.3. The second-order valence-electron chi connectivity index (χ2n) is 4.80. The van der Waals surface area contributed by atoms with Gasteiger partial charge in [-0.2, -0.15) is 0 Å². The van der Waals surface area contributed by atoms with E-state index in [1.54, 1.807) is 12.1 Å². The Kier molecular flexibility index (Phi) is 3.18. The van der Waals surface area contributed by atoms with Gasteiger partial charge in [-0.15, -0.1) is 8.78 Å². The summed E-state index contributed by atoms with van der Waals surface area (Å²) < 4.78 is 34.5. The molecule has 1 fully saturated rings.